The summed E-state index contributed by atoms with van der Waals surface area (Å²) in [6, 6.07) is 11.4. The van der Waals surface area contributed by atoms with Crippen molar-refractivity contribution >= 4 is 17.5 Å². The zero-order valence-electron chi connectivity index (χ0n) is 12.8. The van der Waals surface area contributed by atoms with Crippen molar-refractivity contribution in [2.24, 2.45) is 5.92 Å². The topological polar surface area (TPSA) is 49.4 Å². The van der Waals surface area contributed by atoms with Gasteiger partial charge in [-0.1, -0.05) is 12.1 Å². The summed E-state index contributed by atoms with van der Waals surface area (Å²) >= 11 is 0. The summed E-state index contributed by atoms with van der Waals surface area (Å²) in [7, 11) is 0. The quantitative estimate of drug-likeness (QED) is 0.937. The summed E-state index contributed by atoms with van der Waals surface area (Å²) in [5, 5.41) is 2.69. The average molecular weight is 330 g/mol. The molecule has 2 amide bonds. The van der Waals surface area contributed by atoms with Gasteiger partial charge in [0.25, 0.3) is 0 Å². The summed E-state index contributed by atoms with van der Waals surface area (Å²) in [6.45, 7) is 0.655. The first-order valence-corrected chi connectivity index (χ1v) is 7.60. The number of halogens is 2. The van der Waals surface area contributed by atoms with E-state index in [2.05, 4.69) is 5.32 Å². The van der Waals surface area contributed by atoms with Gasteiger partial charge < -0.3 is 10.2 Å². The lowest BCUT2D eigenvalue weighted by molar-refractivity contribution is -0.128. The van der Waals surface area contributed by atoms with Crippen molar-refractivity contribution in [2.45, 2.75) is 13.0 Å². The molecule has 1 unspecified atom stereocenters. The highest BCUT2D eigenvalue weighted by Gasteiger charge is 2.34. The van der Waals surface area contributed by atoms with Crippen LogP contribution in [0.25, 0.3) is 0 Å². The number of carbonyl (C=O) groups is 2. The first-order chi connectivity index (χ1) is 11.5. The molecule has 1 N–H and O–H groups in total. The van der Waals surface area contributed by atoms with Crippen LogP contribution in [0.4, 0.5) is 14.5 Å². The second-order valence-electron chi connectivity index (χ2n) is 5.80. The standard InChI is InChI=1S/C18H16F2N2O2/c19-14-3-1-12(2-4-14)10-22-11-13(9-17(22)23)18(24)21-16-7-5-15(20)6-8-16/h1-8,13H,9-11H2,(H,21,24). The van der Waals surface area contributed by atoms with Gasteiger partial charge in [-0.05, 0) is 42.0 Å². The summed E-state index contributed by atoms with van der Waals surface area (Å²) in [5.74, 6) is -1.55. The zero-order chi connectivity index (χ0) is 17.1. The summed E-state index contributed by atoms with van der Waals surface area (Å²) in [5.41, 5.74) is 1.30. The zero-order valence-corrected chi connectivity index (χ0v) is 12.8. The summed E-state index contributed by atoms with van der Waals surface area (Å²) < 4.78 is 25.8. The second kappa shape index (κ2) is 6.78. The minimum Gasteiger partial charge on any atom is -0.338 e. The normalized spacial score (nSPS) is 17.2. The largest absolute Gasteiger partial charge is 0.338 e. The lowest BCUT2D eigenvalue weighted by Gasteiger charge is -2.16. The molecule has 0 saturated carbocycles. The smallest absolute Gasteiger partial charge is 0.229 e. The maximum atomic E-state index is 12.9. The van der Waals surface area contributed by atoms with Gasteiger partial charge in [0.1, 0.15) is 11.6 Å². The molecule has 0 aliphatic carbocycles. The number of anilines is 1. The van der Waals surface area contributed by atoms with Crippen LogP contribution < -0.4 is 5.32 Å². The SMILES string of the molecule is O=C(Nc1ccc(F)cc1)C1CC(=O)N(Cc2ccc(F)cc2)C1. The van der Waals surface area contributed by atoms with Crippen LogP contribution >= 0.6 is 0 Å². The minimum absolute atomic E-state index is 0.112. The van der Waals surface area contributed by atoms with Gasteiger partial charge in [0, 0.05) is 25.2 Å². The van der Waals surface area contributed by atoms with Gasteiger partial charge in [0.2, 0.25) is 11.8 Å². The Morgan fingerprint density at radius 2 is 1.62 bits per heavy atom. The van der Waals surface area contributed by atoms with E-state index in [0.29, 0.717) is 18.8 Å². The molecule has 0 bridgehead atoms. The van der Waals surface area contributed by atoms with Crippen molar-refractivity contribution in [3.05, 3.63) is 65.7 Å². The molecular formula is C18H16F2N2O2. The number of amides is 2. The number of benzene rings is 2. The number of hydrogen-bond acceptors (Lipinski definition) is 2. The number of carbonyl (C=O) groups excluding carboxylic acids is 2. The van der Waals surface area contributed by atoms with Crippen molar-refractivity contribution in [2.75, 3.05) is 11.9 Å². The highest BCUT2D eigenvalue weighted by Crippen LogP contribution is 2.22. The Morgan fingerprint density at radius 3 is 2.25 bits per heavy atom. The van der Waals surface area contributed by atoms with Crippen LogP contribution in [0.1, 0.15) is 12.0 Å². The van der Waals surface area contributed by atoms with Crippen molar-refractivity contribution in [1.29, 1.82) is 0 Å². The number of nitrogens with one attached hydrogen (secondary N) is 1. The fourth-order valence-electron chi connectivity index (χ4n) is 2.69. The highest BCUT2D eigenvalue weighted by atomic mass is 19.1. The van der Waals surface area contributed by atoms with E-state index >= 15 is 0 Å². The van der Waals surface area contributed by atoms with E-state index in [9.17, 15) is 18.4 Å². The molecule has 1 aliphatic rings. The monoisotopic (exact) mass is 330 g/mol. The molecule has 1 aliphatic heterocycles. The predicted octanol–water partition coefficient (Wildman–Crippen LogP) is 2.95. The molecular weight excluding hydrogens is 314 g/mol. The van der Waals surface area contributed by atoms with Gasteiger partial charge in [0.05, 0.1) is 5.92 Å². The van der Waals surface area contributed by atoms with Gasteiger partial charge in [-0.2, -0.15) is 0 Å². The molecule has 4 nitrogen and oxygen atoms in total. The van der Waals surface area contributed by atoms with Gasteiger partial charge >= 0.3 is 0 Å². The number of hydrogen-bond donors (Lipinski definition) is 1. The van der Waals surface area contributed by atoms with Crippen LogP contribution in [0.5, 0.6) is 0 Å². The van der Waals surface area contributed by atoms with Crippen LogP contribution in [-0.4, -0.2) is 23.3 Å². The molecule has 1 saturated heterocycles. The van der Waals surface area contributed by atoms with Crippen molar-refractivity contribution < 1.29 is 18.4 Å². The van der Waals surface area contributed by atoms with E-state index in [1.807, 2.05) is 0 Å². The van der Waals surface area contributed by atoms with Crippen molar-refractivity contribution in [1.82, 2.24) is 4.90 Å². The Bertz CT molecular complexity index is 745. The third-order valence-electron chi connectivity index (χ3n) is 3.98. The predicted molar refractivity (Wildman–Crippen MR) is 85.0 cm³/mol. The number of nitrogens with zero attached hydrogens (tertiary/aromatic N) is 1. The first kappa shape index (κ1) is 16.1. The molecule has 0 spiro atoms. The Labute approximate surface area is 138 Å². The van der Waals surface area contributed by atoms with E-state index < -0.39 is 5.92 Å². The number of likely N-dealkylation sites (tertiary alicyclic amines) is 1. The Kier molecular flexibility index (Phi) is 4.55. The Balaban J connectivity index is 1.60. The molecule has 6 heteroatoms. The van der Waals surface area contributed by atoms with E-state index in [4.69, 9.17) is 0 Å². The maximum Gasteiger partial charge on any atom is 0.229 e. The number of rotatable bonds is 4. The van der Waals surface area contributed by atoms with Crippen LogP contribution in [0.2, 0.25) is 0 Å². The lowest BCUT2D eigenvalue weighted by Crippen LogP contribution is -2.28. The molecule has 24 heavy (non-hydrogen) atoms. The third kappa shape index (κ3) is 3.76. The molecule has 1 fully saturated rings. The molecule has 1 heterocycles. The van der Waals surface area contributed by atoms with E-state index in [1.54, 1.807) is 17.0 Å². The fraction of sp³-hybridized carbons (Fsp3) is 0.222. The van der Waals surface area contributed by atoms with Gasteiger partial charge in [-0.3, -0.25) is 9.59 Å². The molecule has 3 rings (SSSR count). The lowest BCUT2D eigenvalue weighted by atomic mass is 10.1. The second-order valence-corrected chi connectivity index (χ2v) is 5.80. The van der Waals surface area contributed by atoms with E-state index in [-0.39, 0.29) is 29.9 Å². The first-order valence-electron chi connectivity index (χ1n) is 7.60. The van der Waals surface area contributed by atoms with Crippen LogP contribution in [0, 0.1) is 17.6 Å². The Hall–Kier alpha value is -2.76. The Morgan fingerprint density at radius 1 is 1.04 bits per heavy atom. The minimum atomic E-state index is -0.456. The fourth-order valence-corrected chi connectivity index (χ4v) is 2.69. The molecule has 0 aromatic heterocycles. The third-order valence-corrected chi connectivity index (χ3v) is 3.98. The van der Waals surface area contributed by atoms with Crippen molar-refractivity contribution in [3.63, 3.8) is 0 Å². The average Bonchev–Trinajstić information content (AvgIpc) is 2.93. The molecule has 2 aromatic rings. The van der Waals surface area contributed by atoms with Crippen LogP contribution in [-0.2, 0) is 16.1 Å². The van der Waals surface area contributed by atoms with Crippen LogP contribution in [0.15, 0.2) is 48.5 Å². The molecule has 124 valence electrons. The van der Waals surface area contributed by atoms with E-state index in [1.165, 1.54) is 36.4 Å². The van der Waals surface area contributed by atoms with Gasteiger partial charge in [-0.15, -0.1) is 0 Å². The molecule has 1 atom stereocenters. The summed E-state index contributed by atoms with van der Waals surface area (Å²) in [6.07, 6.45) is 0.133. The molecule has 0 radical (unpaired) electrons. The van der Waals surface area contributed by atoms with Crippen molar-refractivity contribution in [3.8, 4) is 0 Å². The molecule has 2 aromatic carbocycles. The van der Waals surface area contributed by atoms with Gasteiger partial charge in [-0.25, -0.2) is 8.78 Å². The van der Waals surface area contributed by atoms with Crippen LogP contribution in [0.3, 0.4) is 0 Å². The van der Waals surface area contributed by atoms with Gasteiger partial charge in [0.15, 0.2) is 0 Å². The summed E-state index contributed by atoms with van der Waals surface area (Å²) in [4.78, 5) is 25.9. The highest BCUT2D eigenvalue weighted by molar-refractivity contribution is 5.97. The van der Waals surface area contributed by atoms with E-state index in [0.717, 1.165) is 5.56 Å². The maximum absolute atomic E-state index is 12.9.